The van der Waals surface area contributed by atoms with Crippen molar-refractivity contribution in [3.8, 4) is 0 Å². The van der Waals surface area contributed by atoms with E-state index in [9.17, 15) is 14.4 Å². The number of rotatable bonds is 7. The minimum absolute atomic E-state index is 0.208. The zero-order valence-electron chi connectivity index (χ0n) is 10.0. The Morgan fingerprint density at radius 3 is 2.00 bits per heavy atom. The molecule has 0 aromatic carbocycles. The summed E-state index contributed by atoms with van der Waals surface area (Å²) in [4.78, 5) is 33.4. The average Bonchev–Trinajstić information content (AvgIpc) is 2.31. The second-order valence-electron chi connectivity index (χ2n) is 3.54. The lowest BCUT2D eigenvalue weighted by molar-refractivity contribution is -0.142. The first-order chi connectivity index (χ1) is 7.96. The van der Waals surface area contributed by atoms with Crippen LogP contribution in [0.1, 0.15) is 26.7 Å². The van der Waals surface area contributed by atoms with Crippen LogP contribution in [0.2, 0.25) is 0 Å². The van der Waals surface area contributed by atoms with Crippen molar-refractivity contribution in [3.05, 3.63) is 0 Å². The van der Waals surface area contributed by atoms with Gasteiger partial charge >= 0.3 is 5.97 Å². The van der Waals surface area contributed by atoms with Crippen LogP contribution in [0.25, 0.3) is 0 Å². The Kier molecular flexibility index (Phi) is 6.88. The molecule has 0 heterocycles. The molecule has 7 heteroatoms. The van der Waals surface area contributed by atoms with E-state index in [4.69, 9.17) is 10.8 Å². The lowest BCUT2D eigenvalue weighted by Gasteiger charge is -2.19. The summed E-state index contributed by atoms with van der Waals surface area (Å²) >= 11 is 0. The maximum Gasteiger partial charge on any atom is 0.326 e. The van der Waals surface area contributed by atoms with E-state index in [1.54, 1.807) is 13.8 Å². The molecule has 0 aliphatic heterocycles. The molecule has 0 saturated heterocycles. The van der Waals surface area contributed by atoms with E-state index in [1.807, 2.05) is 0 Å². The number of hydrogen-bond donors (Lipinski definition) is 4. The topological polar surface area (TPSA) is 122 Å². The number of hydrogen-bond acceptors (Lipinski definition) is 4. The van der Waals surface area contributed by atoms with Gasteiger partial charge in [0.15, 0.2) is 0 Å². The van der Waals surface area contributed by atoms with Crippen LogP contribution in [-0.4, -0.2) is 41.5 Å². The fourth-order valence-electron chi connectivity index (χ4n) is 1.22. The van der Waals surface area contributed by atoms with Gasteiger partial charge in [0, 0.05) is 0 Å². The van der Waals surface area contributed by atoms with E-state index in [1.165, 1.54) is 0 Å². The molecule has 0 aliphatic carbocycles. The molecule has 0 fully saturated rings. The maximum atomic E-state index is 11.7. The summed E-state index contributed by atoms with van der Waals surface area (Å²) in [6.45, 7) is 3.15. The third-order valence-corrected chi connectivity index (χ3v) is 2.27. The monoisotopic (exact) mass is 245 g/mol. The second kappa shape index (κ2) is 7.61. The van der Waals surface area contributed by atoms with E-state index in [0.717, 1.165) is 0 Å². The van der Waals surface area contributed by atoms with Gasteiger partial charge in [-0.3, -0.25) is 9.59 Å². The Labute approximate surface area is 99.7 Å². The van der Waals surface area contributed by atoms with Crippen LogP contribution in [0.5, 0.6) is 0 Å². The molecule has 5 N–H and O–H groups in total. The Hall–Kier alpha value is -1.63. The minimum Gasteiger partial charge on any atom is -0.480 e. The fourth-order valence-corrected chi connectivity index (χ4v) is 1.22. The zero-order chi connectivity index (χ0) is 13.4. The summed E-state index contributed by atoms with van der Waals surface area (Å²) in [5.74, 6) is -2.06. The van der Waals surface area contributed by atoms with Crippen LogP contribution >= 0.6 is 0 Å². The van der Waals surface area contributed by atoms with Gasteiger partial charge in [0.05, 0.1) is 6.54 Å². The van der Waals surface area contributed by atoms with E-state index in [0.29, 0.717) is 6.42 Å². The molecule has 0 aliphatic rings. The molecule has 7 nitrogen and oxygen atoms in total. The standard InChI is InChI=1S/C10H19N3O4/c1-3-6(12-8(14)5-11)9(15)13-7(4-2)10(16)17/h6-7H,3-5,11H2,1-2H3,(H,12,14)(H,13,15)(H,16,17). The number of carbonyl (C=O) groups is 3. The summed E-state index contributed by atoms with van der Waals surface area (Å²) in [6, 6.07) is -1.69. The zero-order valence-corrected chi connectivity index (χ0v) is 10.0. The van der Waals surface area contributed by atoms with Crippen molar-refractivity contribution in [1.29, 1.82) is 0 Å². The van der Waals surface area contributed by atoms with Gasteiger partial charge in [0.2, 0.25) is 11.8 Å². The predicted molar refractivity (Wildman–Crippen MR) is 61.1 cm³/mol. The van der Waals surface area contributed by atoms with Crippen molar-refractivity contribution < 1.29 is 19.5 Å². The van der Waals surface area contributed by atoms with Crippen LogP contribution in [0, 0.1) is 0 Å². The van der Waals surface area contributed by atoms with E-state index in [2.05, 4.69) is 10.6 Å². The molecule has 0 rings (SSSR count). The van der Waals surface area contributed by atoms with Gasteiger partial charge in [0.25, 0.3) is 0 Å². The fraction of sp³-hybridized carbons (Fsp3) is 0.700. The number of carbonyl (C=O) groups excluding carboxylic acids is 2. The number of nitrogens with one attached hydrogen (secondary N) is 2. The highest BCUT2D eigenvalue weighted by Gasteiger charge is 2.23. The summed E-state index contributed by atoms with van der Waals surface area (Å²) in [5, 5.41) is 13.6. The average molecular weight is 245 g/mol. The lowest BCUT2D eigenvalue weighted by atomic mass is 10.1. The van der Waals surface area contributed by atoms with Crippen molar-refractivity contribution in [2.75, 3.05) is 6.54 Å². The highest BCUT2D eigenvalue weighted by Crippen LogP contribution is 1.96. The van der Waals surface area contributed by atoms with Gasteiger partial charge in [-0.05, 0) is 12.8 Å². The molecule has 2 atom stereocenters. The van der Waals surface area contributed by atoms with Crippen molar-refractivity contribution in [2.45, 2.75) is 38.8 Å². The first-order valence-electron chi connectivity index (χ1n) is 5.48. The molecular formula is C10H19N3O4. The Morgan fingerprint density at radius 2 is 1.65 bits per heavy atom. The van der Waals surface area contributed by atoms with Crippen LogP contribution in [0.15, 0.2) is 0 Å². The Morgan fingerprint density at radius 1 is 1.12 bits per heavy atom. The molecule has 98 valence electrons. The SMILES string of the molecule is CCC(NC(=O)C(CC)NC(=O)CN)C(=O)O. The first-order valence-corrected chi connectivity index (χ1v) is 5.48. The third-order valence-electron chi connectivity index (χ3n) is 2.27. The largest absolute Gasteiger partial charge is 0.480 e. The van der Waals surface area contributed by atoms with E-state index in [-0.39, 0.29) is 13.0 Å². The van der Waals surface area contributed by atoms with Gasteiger partial charge in [-0.2, -0.15) is 0 Å². The summed E-state index contributed by atoms with van der Waals surface area (Å²) in [7, 11) is 0. The predicted octanol–water partition coefficient (Wildman–Crippen LogP) is -1.18. The number of nitrogens with two attached hydrogens (primary N) is 1. The van der Waals surface area contributed by atoms with Crippen molar-refractivity contribution in [3.63, 3.8) is 0 Å². The van der Waals surface area contributed by atoms with E-state index >= 15 is 0 Å². The second-order valence-corrected chi connectivity index (χ2v) is 3.54. The number of amides is 2. The van der Waals surface area contributed by atoms with Gasteiger partial charge in [-0.1, -0.05) is 13.8 Å². The highest BCUT2D eigenvalue weighted by atomic mass is 16.4. The molecule has 0 aromatic heterocycles. The molecule has 0 spiro atoms. The lowest BCUT2D eigenvalue weighted by Crippen LogP contribution is -2.52. The van der Waals surface area contributed by atoms with Crippen molar-refractivity contribution >= 4 is 17.8 Å². The third kappa shape index (κ3) is 5.30. The summed E-state index contributed by atoms with van der Waals surface area (Å²) in [6.07, 6.45) is 0.649. The molecule has 0 radical (unpaired) electrons. The number of carboxylic acids is 1. The van der Waals surface area contributed by atoms with E-state index < -0.39 is 29.9 Å². The minimum atomic E-state index is -1.10. The first kappa shape index (κ1) is 15.4. The number of aliphatic carboxylic acids is 1. The molecule has 2 unspecified atom stereocenters. The molecular weight excluding hydrogens is 226 g/mol. The summed E-state index contributed by atoms with van der Waals surface area (Å²) in [5.41, 5.74) is 5.11. The van der Waals surface area contributed by atoms with Crippen molar-refractivity contribution in [1.82, 2.24) is 10.6 Å². The quantitative estimate of drug-likeness (QED) is 0.450. The van der Waals surface area contributed by atoms with Crippen molar-refractivity contribution in [2.24, 2.45) is 5.73 Å². The highest BCUT2D eigenvalue weighted by molar-refractivity contribution is 5.90. The molecule has 0 aromatic rings. The normalized spacial score (nSPS) is 13.6. The Bertz CT molecular complexity index is 293. The smallest absolute Gasteiger partial charge is 0.326 e. The number of carboxylic acid groups (broad SMARTS) is 1. The van der Waals surface area contributed by atoms with Crippen LogP contribution in [0.4, 0.5) is 0 Å². The van der Waals surface area contributed by atoms with Gasteiger partial charge in [-0.15, -0.1) is 0 Å². The van der Waals surface area contributed by atoms with Gasteiger partial charge in [0.1, 0.15) is 12.1 Å². The molecule has 0 bridgehead atoms. The maximum absolute atomic E-state index is 11.7. The van der Waals surface area contributed by atoms with Crippen LogP contribution in [0.3, 0.4) is 0 Å². The molecule has 0 saturated carbocycles. The summed E-state index contributed by atoms with van der Waals surface area (Å²) < 4.78 is 0. The van der Waals surface area contributed by atoms with Gasteiger partial charge < -0.3 is 21.5 Å². The van der Waals surface area contributed by atoms with Gasteiger partial charge in [-0.25, -0.2) is 4.79 Å². The molecule has 2 amide bonds. The van der Waals surface area contributed by atoms with Crippen LogP contribution in [-0.2, 0) is 14.4 Å². The Balaban J connectivity index is 4.43. The molecule has 17 heavy (non-hydrogen) atoms. The van der Waals surface area contributed by atoms with Crippen LogP contribution < -0.4 is 16.4 Å².